The minimum Gasteiger partial charge on any atom is -0.352 e. The van der Waals surface area contributed by atoms with Crippen molar-refractivity contribution in [3.05, 3.63) is 40.9 Å². The number of aryl methyl sites for hydroxylation is 1. The summed E-state index contributed by atoms with van der Waals surface area (Å²) in [6.45, 7) is 6.12. The number of likely N-dealkylation sites (tertiary alicyclic amines) is 1. The summed E-state index contributed by atoms with van der Waals surface area (Å²) < 4.78 is 0. The molecule has 2 aromatic rings. The number of carbonyl (C=O) groups is 1. The lowest BCUT2D eigenvalue weighted by atomic mass is 10.1. The number of nitrogens with zero attached hydrogens (tertiary/aromatic N) is 2. The van der Waals surface area contributed by atoms with E-state index in [4.69, 9.17) is 0 Å². The fraction of sp³-hybridized carbons (Fsp3) is 0.474. The summed E-state index contributed by atoms with van der Waals surface area (Å²) in [5.74, 6) is -0.0172. The third kappa shape index (κ3) is 4.42. The van der Waals surface area contributed by atoms with E-state index < -0.39 is 0 Å². The molecular formula is C19H25N3OS. The van der Waals surface area contributed by atoms with Crippen molar-refractivity contribution < 1.29 is 4.79 Å². The van der Waals surface area contributed by atoms with E-state index in [9.17, 15) is 4.79 Å². The van der Waals surface area contributed by atoms with Crippen LogP contribution >= 0.6 is 11.3 Å². The first-order valence-electron chi connectivity index (χ1n) is 8.76. The van der Waals surface area contributed by atoms with Gasteiger partial charge in [-0.1, -0.05) is 12.5 Å². The van der Waals surface area contributed by atoms with Crippen molar-refractivity contribution in [2.75, 3.05) is 26.2 Å². The molecule has 0 bridgehead atoms. The van der Waals surface area contributed by atoms with Gasteiger partial charge in [0.15, 0.2) is 0 Å². The Balaban J connectivity index is 1.49. The van der Waals surface area contributed by atoms with E-state index in [1.165, 1.54) is 32.4 Å². The molecule has 2 aromatic heterocycles. The van der Waals surface area contributed by atoms with Crippen LogP contribution in [0.15, 0.2) is 29.6 Å². The first-order chi connectivity index (χ1) is 11.7. The van der Waals surface area contributed by atoms with Crippen molar-refractivity contribution in [2.24, 2.45) is 0 Å². The lowest BCUT2D eigenvalue weighted by molar-refractivity contribution is 0.0950. The predicted molar refractivity (Wildman–Crippen MR) is 99.5 cm³/mol. The third-order valence-electron chi connectivity index (χ3n) is 4.49. The van der Waals surface area contributed by atoms with Crippen molar-refractivity contribution in [3.8, 4) is 10.6 Å². The molecule has 1 aliphatic heterocycles. The summed E-state index contributed by atoms with van der Waals surface area (Å²) in [4.78, 5) is 20.6. The van der Waals surface area contributed by atoms with Crippen LogP contribution in [0.2, 0.25) is 0 Å². The van der Waals surface area contributed by atoms with Gasteiger partial charge in [0.1, 0.15) is 0 Å². The SMILES string of the molecule is Cc1nc(-c2cccs2)ccc1C(=O)NCCCN1CCCCC1. The van der Waals surface area contributed by atoms with Gasteiger partial charge in [0.05, 0.1) is 21.8 Å². The number of nitrogens with one attached hydrogen (secondary N) is 1. The maximum atomic E-state index is 12.4. The van der Waals surface area contributed by atoms with Gasteiger partial charge in [-0.2, -0.15) is 0 Å². The quantitative estimate of drug-likeness (QED) is 0.813. The summed E-state index contributed by atoms with van der Waals surface area (Å²) in [5.41, 5.74) is 2.40. The smallest absolute Gasteiger partial charge is 0.253 e. The summed E-state index contributed by atoms with van der Waals surface area (Å²) in [5, 5.41) is 5.07. The normalized spacial score (nSPS) is 15.4. The number of aromatic nitrogens is 1. The van der Waals surface area contributed by atoms with Crippen LogP contribution < -0.4 is 5.32 Å². The van der Waals surface area contributed by atoms with Crippen molar-refractivity contribution in [3.63, 3.8) is 0 Å². The molecule has 1 aliphatic rings. The molecule has 1 saturated heterocycles. The minimum absolute atomic E-state index is 0.0172. The Morgan fingerprint density at radius 1 is 1.25 bits per heavy atom. The Morgan fingerprint density at radius 3 is 2.79 bits per heavy atom. The largest absolute Gasteiger partial charge is 0.352 e. The van der Waals surface area contributed by atoms with Gasteiger partial charge in [-0.3, -0.25) is 9.78 Å². The molecule has 0 saturated carbocycles. The molecule has 0 radical (unpaired) electrons. The maximum absolute atomic E-state index is 12.4. The zero-order chi connectivity index (χ0) is 16.8. The molecule has 0 unspecified atom stereocenters. The highest BCUT2D eigenvalue weighted by molar-refractivity contribution is 7.13. The van der Waals surface area contributed by atoms with Gasteiger partial charge in [0, 0.05) is 6.54 Å². The Bertz CT molecular complexity index is 663. The number of rotatable bonds is 6. The predicted octanol–water partition coefficient (Wildman–Crippen LogP) is 3.72. The average Bonchev–Trinajstić information content (AvgIpc) is 3.14. The highest BCUT2D eigenvalue weighted by Gasteiger charge is 2.12. The third-order valence-corrected chi connectivity index (χ3v) is 5.38. The van der Waals surface area contributed by atoms with Gasteiger partial charge in [-0.15, -0.1) is 11.3 Å². The summed E-state index contributed by atoms with van der Waals surface area (Å²) >= 11 is 1.66. The van der Waals surface area contributed by atoms with Crippen LogP contribution in [0.25, 0.3) is 10.6 Å². The van der Waals surface area contributed by atoms with Crippen molar-refractivity contribution in [1.82, 2.24) is 15.2 Å². The molecule has 0 spiro atoms. The highest BCUT2D eigenvalue weighted by atomic mass is 32.1. The number of thiophene rings is 1. The van der Waals surface area contributed by atoms with Crippen LogP contribution in [0.5, 0.6) is 0 Å². The maximum Gasteiger partial charge on any atom is 0.253 e. The van der Waals surface area contributed by atoms with Crippen molar-refractivity contribution in [2.45, 2.75) is 32.6 Å². The Kier molecular flexibility index (Phi) is 5.99. The zero-order valence-corrected chi connectivity index (χ0v) is 15.1. The summed E-state index contributed by atoms with van der Waals surface area (Å²) in [6.07, 6.45) is 4.99. The lowest BCUT2D eigenvalue weighted by Crippen LogP contribution is -2.33. The fourth-order valence-corrected chi connectivity index (χ4v) is 3.84. The average molecular weight is 343 g/mol. The number of hydrogen-bond donors (Lipinski definition) is 1. The van der Waals surface area contributed by atoms with Gasteiger partial charge in [0.2, 0.25) is 0 Å². The molecule has 1 amide bonds. The van der Waals surface area contributed by atoms with Crippen LogP contribution in [0.3, 0.4) is 0 Å². The Morgan fingerprint density at radius 2 is 2.08 bits per heavy atom. The van der Waals surface area contributed by atoms with E-state index in [1.807, 2.05) is 36.6 Å². The first kappa shape index (κ1) is 17.1. The number of amides is 1. The van der Waals surface area contributed by atoms with Crippen LogP contribution in [0.4, 0.5) is 0 Å². The lowest BCUT2D eigenvalue weighted by Gasteiger charge is -2.26. The van der Waals surface area contributed by atoms with E-state index in [2.05, 4.69) is 15.2 Å². The molecule has 24 heavy (non-hydrogen) atoms. The number of hydrogen-bond acceptors (Lipinski definition) is 4. The van der Waals surface area contributed by atoms with Crippen LogP contribution in [-0.2, 0) is 0 Å². The Hall–Kier alpha value is -1.72. The molecule has 1 fully saturated rings. The molecule has 0 aliphatic carbocycles. The van der Waals surface area contributed by atoms with E-state index in [1.54, 1.807) is 11.3 Å². The van der Waals surface area contributed by atoms with Crippen molar-refractivity contribution >= 4 is 17.2 Å². The van der Waals surface area contributed by atoms with Crippen LogP contribution in [0, 0.1) is 6.92 Å². The van der Waals surface area contributed by atoms with E-state index >= 15 is 0 Å². The molecule has 0 aromatic carbocycles. The molecular weight excluding hydrogens is 318 g/mol. The van der Waals surface area contributed by atoms with E-state index in [0.717, 1.165) is 35.8 Å². The first-order valence-corrected chi connectivity index (χ1v) is 9.64. The van der Waals surface area contributed by atoms with Gasteiger partial charge in [-0.05, 0) is 69.4 Å². The highest BCUT2D eigenvalue weighted by Crippen LogP contribution is 2.23. The van der Waals surface area contributed by atoms with E-state index in [0.29, 0.717) is 5.56 Å². The van der Waals surface area contributed by atoms with Crippen molar-refractivity contribution in [1.29, 1.82) is 0 Å². The summed E-state index contributed by atoms with van der Waals surface area (Å²) in [7, 11) is 0. The molecule has 3 rings (SSSR count). The molecule has 4 nitrogen and oxygen atoms in total. The Labute approximate surface area is 147 Å². The number of pyridine rings is 1. The molecule has 3 heterocycles. The second kappa shape index (κ2) is 8.40. The van der Waals surface area contributed by atoms with Gasteiger partial charge in [-0.25, -0.2) is 0 Å². The second-order valence-corrected chi connectivity index (χ2v) is 7.27. The van der Waals surface area contributed by atoms with Gasteiger partial charge in [0.25, 0.3) is 5.91 Å². The molecule has 128 valence electrons. The number of carbonyl (C=O) groups excluding carboxylic acids is 1. The monoisotopic (exact) mass is 343 g/mol. The standard InChI is InChI=1S/C19H25N3OS/c1-15-16(8-9-17(21-15)18-7-5-14-24-18)19(23)20-10-6-13-22-11-3-2-4-12-22/h5,7-9,14H,2-4,6,10-13H2,1H3,(H,20,23). The molecule has 1 N–H and O–H groups in total. The van der Waals surface area contributed by atoms with Crippen LogP contribution in [0.1, 0.15) is 41.7 Å². The second-order valence-electron chi connectivity index (χ2n) is 6.32. The van der Waals surface area contributed by atoms with Crippen LogP contribution in [-0.4, -0.2) is 42.0 Å². The van der Waals surface area contributed by atoms with Gasteiger partial charge >= 0.3 is 0 Å². The zero-order valence-electron chi connectivity index (χ0n) is 14.3. The van der Waals surface area contributed by atoms with Gasteiger partial charge < -0.3 is 10.2 Å². The fourth-order valence-electron chi connectivity index (χ4n) is 3.15. The molecule has 0 atom stereocenters. The number of piperidine rings is 1. The topological polar surface area (TPSA) is 45.2 Å². The molecule has 5 heteroatoms. The summed E-state index contributed by atoms with van der Waals surface area (Å²) in [6, 6.07) is 7.88. The van der Waals surface area contributed by atoms with E-state index in [-0.39, 0.29) is 5.91 Å². The minimum atomic E-state index is -0.0172.